The zero-order valence-electron chi connectivity index (χ0n) is 22.1. The highest BCUT2D eigenvalue weighted by molar-refractivity contribution is 5.53. The number of likely N-dealkylation sites (N-methyl/N-ethyl adjacent to an activating group) is 2. The van der Waals surface area contributed by atoms with E-state index in [2.05, 4.69) is 70.5 Å². The highest BCUT2D eigenvalue weighted by Gasteiger charge is 2.18. The third-order valence-corrected chi connectivity index (χ3v) is 6.65. The van der Waals surface area contributed by atoms with Gasteiger partial charge in [-0.2, -0.15) is 0 Å². The van der Waals surface area contributed by atoms with Crippen molar-refractivity contribution in [1.29, 1.82) is 0 Å². The number of hydrogen-bond acceptors (Lipinski definition) is 5. The minimum Gasteiger partial charge on any atom is -0.391 e. The Hall–Kier alpha value is -2.70. The topological polar surface area (TPSA) is 64.3 Å². The van der Waals surface area contributed by atoms with Gasteiger partial charge in [0, 0.05) is 44.5 Å². The van der Waals surface area contributed by atoms with Crippen LogP contribution in [0.15, 0.2) is 49.6 Å². The van der Waals surface area contributed by atoms with E-state index in [1.807, 2.05) is 19.3 Å². The number of rotatable bonds is 19. The molecule has 0 saturated heterocycles. The lowest BCUT2D eigenvalue weighted by Gasteiger charge is -2.30. The summed E-state index contributed by atoms with van der Waals surface area (Å²) >= 11 is 0. The first-order valence-electron chi connectivity index (χ1n) is 12.9. The van der Waals surface area contributed by atoms with Crippen molar-refractivity contribution in [3.8, 4) is 0 Å². The Bertz CT molecular complexity index is 892. The molecule has 6 heteroatoms. The molecule has 0 saturated carbocycles. The predicted octanol–water partition coefficient (Wildman–Crippen LogP) is 5.19. The number of benzene rings is 1. The fourth-order valence-electron chi connectivity index (χ4n) is 4.56. The fourth-order valence-corrected chi connectivity index (χ4v) is 4.56. The Kier molecular flexibility index (Phi) is 13.1. The molecule has 1 heterocycles. The summed E-state index contributed by atoms with van der Waals surface area (Å²) in [6.07, 6.45) is 15.3. The number of hydrogen-bond donors (Lipinski definition) is 2. The zero-order valence-corrected chi connectivity index (χ0v) is 22.1. The molecule has 0 aliphatic rings. The molecule has 0 radical (unpaired) electrons. The third-order valence-electron chi connectivity index (χ3n) is 6.65. The summed E-state index contributed by atoms with van der Waals surface area (Å²) in [6.45, 7) is 11.0. The molecule has 0 spiro atoms. The second-order valence-electron chi connectivity index (χ2n) is 9.50. The van der Waals surface area contributed by atoms with Gasteiger partial charge < -0.3 is 20.0 Å². The highest BCUT2D eigenvalue weighted by Crippen LogP contribution is 2.21. The summed E-state index contributed by atoms with van der Waals surface area (Å²) in [6, 6.07) is 6.87. The first kappa shape index (κ1) is 28.5. The molecule has 1 aromatic heterocycles. The fraction of sp³-hybridized carbons (Fsp3) is 0.517. The van der Waals surface area contributed by atoms with E-state index >= 15 is 0 Å². The quantitative estimate of drug-likeness (QED) is 0.214. The summed E-state index contributed by atoms with van der Waals surface area (Å²) in [5.41, 5.74) is 5.88. The molecule has 2 N–H and O–H groups in total. The standard InChI is InChI=1S/C29H45N5O/c1-6-26-16-15-25(19-27(26)21-34(5)29(14-12-18-35)24(2)30-3)13-10-8-7-9-11-17-33(4)22-28-20-31-23-32-28/h6,15-16,18-20,23,29-30H,1-2,7-14,17,21-22H2,3-5H3,(H,31,32). The molecule has 6 nitrogen and oxygen atoms in total. The van der Waals surface area contributed by atoms with E-state index in [1.165, 1.54) is 48.8 Å². The van der Waals surface area contributed by atoms with Crippen molar-refractivity contribution in [2.24, 2.45) is 0 Å². The predicted molar refractivity (Wildman–Crippen MR) is 147 cm³/mol. The summed E-state index contributed by atoms with van der Waals surface area (Å²) in [5.74, 6) is 0. The van der Waals surface area contributed by atoms with Crippen LogP contribution in [0.4, 0.5) is 0 Å². The van der Waals surface area contributed by atoms with Crippen LogP contribution in [-0.2, 0) is 24.3 Å². The molecule has 1 atom stereocenters. The van der Waals surface area contributed by atoms with E-state index in [9.17, 15) is 4.79 Å². The van der Waals surface area contributed by atoms with Gasteiger partial charge in [-0.25, -0.2) is 4.98 Å². The number of aromatic nitrogens is 2. The van der Waals surface area contributed by atoms with Crippen LogP contribution in [0.25, 0.3) is 6.08 Å². The Morgan fingerprint density at radius 1 is 1.17 bits per heavy atom. The van der Waals surface area contributed by atoms with Crippen LogP contribution in [0.1, 0.15) is 67.3 Å². The van der Waals surface area contributed by atoms with Crippen molar-refractivity contribution in [2.75, 3.05) is 27.7 Å². The lowest BCUT2D eigenvalue weighted by Crippen LogP contribution is -2.36. The van der Waals surface area contributed by atoms with Gasteiger partial charge in [0.15, 0.2) is 0 Å². The number of nitrogens with one attached hydrogen (secondary N) is 2. The van der Waals surface area contributed by atoms with Gasteiger partial charge in [0.1, 0.15) is 6.29 Å². The van der Waals surface area contributed by atoms with Crippen molar-refractivity contribution in [2.45, 2.75) is 70.5 Å². The van der Waals surface area contributed by atoms with Crippen molar-refractivity contribution in [3.05, 3.63) is 72.0 Å². The average Bonchev–Trinajstić information content (AvgIpc) is 3.36. The molecular formula is C29H45N5O. The second kappa shape index (κ2) is 16.1. The molecule has 192 valence electrons. The Labute approximate surface area is 212 Å². The molecule has 0 aliphatic heterocycles. The number of aldehydes is 1. The lowest BCUT2D eigenvalue weighted by molar-refractivity contribution is -0.108. The molecule has 1 aromatic carbocycles. The van der Waals surface area contributed by atoms with E-state index in [4.69, 9.17) is 0 Å². The summed E-state index contributed by atoms with van der Waals surface area (Å²) in [7, 11) is 6.15. The summed E-state index contributed by atoms with van der Waals surface area (Å²) < 4.78 is 0. The Morgan fingerprint density at radius 2 is 1.94 bits per heavy atom. The van der Waals surface area contributed by atoms with Crippen LogP contribution in [0.2, 0.25) is 0 Å². The van der Waals surface area contributed by atoms with E-state index < -0.39 is 0 Å². The molecule has 2 aromatic rings. The van der Waals surface area contributed by atoms with Crippen molar-refractivity contribution >= 4 is 12.4 Å². The number of aromatic amines is 1. The molecule has 0 amide bonds. The van der Waals surface area contributed by atoms with Crippen LogP contribution in [0.3, 0.4) is 0 Å². The third kappa shape index (κ3) is 10.2. The van der Waals surface area contributed by atoms with Gasteiger partial charge >= 0.3 is 0 Å². The number of H-pyrrole nitrogens is 1. The smallest absolute Gasteiger partial charge is 0.120 e. The Balaban J connectivity index is 1.77. The van der Waals surface area contributed by atoms with Crippen LogP contribution in [-0.4, -0.2) is 59.8 Å². The number of aryl methyl sites for hydroxylation is 1. The largest absolute Gasteiger partial charge is 0.391 e. The molecule has 0 bridgehead atoms. The minimum absolute atomic E-state index is 0.116. The van der Waals surface area contributed by atoms with Crippen LogP contribution < -0.4 is 5.32 Å². The SMILES string of the molecule is C=Cc1ccc(CCCCCCCN(C)Cc2c[nH]cn2)cc1CN(C)C(CCC=O)C(=C)NC. The first-order valence-corrected chi connectivity index (χ1v) is 12.9. The van der Waals surface area contributed by atoms with Gasteiger partial charge in [-0.3, -0.25) is 4.90 Å². The van der Waals surface area contributed by atoms with E-state index in [0.717, 1.165) is 50.2 Å². The normalized spacial score (nSPS) is 12.1. The maximum Gasteiger partial charge on any atom is 0.120 e. The van der Waals surface area contributed by atoms with Crippen molar-refractivity contribution < 1.29 is 4.79 Å². The molecule has 35 heavy (non-hydrogen) atoms. The van der Waals surface area contributed by atoms with Crippen LogP contribution >= 0.6 is 0 Å². The maximum absolute atomic E-state index is 10.9. The second-order valence-corrected chi connectivity index (χ2v) is 9.50. The van der Waals surface area contributed by atoms with Gasteiger partial charge in [-0.05, 0) is 63.0 Å². The highest BCUT2D eigenvalue weighted by atomic mass is 16.1. The van der Waals surface area contributed by atoms with Crippen LogP contribution in [0, 0.1) is 0 Å². The Morgan fingerprint density at radius 3 is 2.63 bits per heavy atom. The first-order chi connectivity index (χ1) is 17.0. The van der Waals surface area contributed by atoms with E-state index in [-0.39, 0.29) is 6.04 Å². The number of unbranched alkanes of at least 4 members (excludes halogenated alkanes) is 4. The number of carbonyl (C=O) groups is 1. The number of imidazole rings is 1. The molecule has 1 unspecified atom stereocenters. The van der Waals surface area contributed by atoms with Gasteiger partial charge in [0.25, 0.3) is 0 Å². The number of nitrogens with zero attached hydrogens (tertiary/aromatic N) is 3. The van der Waals surface area contributed by atoms with Crippen molar-refractivity contribution in [1.82, 2.24) is 25.1 Å². The van der Waals surface area contributed by atoms with E-state index in [1.54, 1.807) is 6.33 Å². The summed E-state index contributed by atoms with van der Waals surface area (Å²) in [5, 5.41) is 3.17. The maximum atomic E-state index is 10.9. The van der Waals surface area contributed by atoms with Gasteiger partial charge in [0.05, 0.1) is 12.0 Å². The van der Waals surface area contributed by atoms with Gasteiger partial charge in [0.2, 0.25) is 0 Å². The number of carbonyl (C=O) groups excluding carboxylic acids is 1. The summed E-state index contributed by atoms with van der Waals surface area (Å²) in [4.78, 5) is 22.9. The van der Waals surface area contributed by atoms with Gasteiger partial charge in [-0.1, -0.05) is 56.7 Å². The molecule has 2 rings (SSSR count). The van der Waals surface area contributed by atoms with Crippen LogP contribution in [0.5, 0.6) is 0 Å². The van der Waals surface area contributed by atoms with E-state index in [0.29, 0.717) is 6.42 Å². The zero-order chi connectivity index (χ0) is 25.5. The van der Waals surface area contributed by atoms with Gasteiger partial charge in [-0.15, -0.1) is 0 Å². The lowest BCUT2D eigenvalue weighted by atomic mass is 9.98. The monoisotopic (exact) mass is 479 g/mol. The molecule has 0 fully saturated rings. The molecular weight excluding hydrogens is 434 g/mol. The van der Waals surface area contributed by atoms with Crippen molar-refractivity contribution in [3.63, 3.8) is 0 Å². The average molecular weight is 480 g/mol. The minimum atomic E-state index is 0.116. The molecule has 0 aliphatic carbocycles.